The molecule has 2 rings (SSSR count). The number of aromatic carboxylic acids is 1. The molecule has 0 radical (unpaired) electrons. The predicted molar refractivity (Wildman–Crippen MR) is 50.4 cm³/mol. The van der Waals surface area contributed by atoms with E-state index in [9.17, 15) is 4.79 Å². The monoisotopic (exact) mass is 205 g/mol. The summed E-state index contributed by atoms with van der Waals surface area (Å²) >= 11 is 0. The zero-order valence-corrected chi connectivity index (χ0v) is 7.51. The van der Waals surface area contributed by atoms with E-state index in [2.05, 4.69) is 15.0 Å². The molecule has 6 nitrogen and oxygen atoms in total. The van der Waals surface area contributed by atoms with Gasteiger partial charge in [0.15, 0.2) is 5.82 Å². The minimum atomic E-state index is -1.09. The maximum Gasteiger partial charge on any atom is 0.338 e. The summed E-state index contributed by atoms with van der Waals surface area (Å²) in [5.74, 6) is -0.994. The molecule has 3 N–H and O–H groups in total. The molecule has 2 aromatic rings. The Bertz CT molecular complexity index is 507. The number of hydrogen-bond acceptors (Lipinski definition) is 4. The number of carbonyl (C=O) groups is 1. The topological polar surface area (TPSA) is 99.1 Å². The van der Waals surface area contributed by atoms with E-state index in [4.69, 9.17) is 10.2 Å². The molecule has 0 aliphatic carbocycles. The van der Waals surface area contributed by atoms with Gasteiger partial charge in [0.05, 0.1) is 11.8 Å². The normalized spacial score (nSPS) is 10.1. The van der Waals surface area contributed by atoms with Gasteiger partial charge in [-0.15, -0.1) is 0 Å². The number of aromatic hydroxyl groups is 1. The minimum Gasteiger partial charge on any atom is -0.493 e. The third-order valence-corrected chi connectivity index (χ3v) is 1.82. The first-order valence-electron chi connectivity index (χ1n) is 4.11. The summed E-state index contributed by atoms with van der Waals surface area (Å²) in [6, 6.07) is 2.94. The second kappa shape index (κ2) is 3.41. The molecule has 0 spiro atoms. The lowest BCUT2D eigenvalue weighted by Gasteiger charge is -2.00. The van der Waals surface area contributed by atoms with Gasteiger partial charge in [0.2, 0.25) is 5.88 Å². The highest BCUT2D eigenvalue weighted by molar-refractivity contribution is 5.93. The number of aromatic amines is 1. The van der Waals surface area contributed by atoms with Crippen molar-refractivity contribution in [2.45, 2.75) is 0 Å². The average molecular weight is 205 g/mol. The van der Waals surface area contributed by atoms with Gasteiger partial charge >= 0.3 is 5.97 Å². The summed E-state index contributed by atoms with van der Waals surface area (Å²) < 4.78 is 0. The smallest absolute Gasteiger partial charge is 0.338 e. The first-order valence-corrected chi connectivity index (χ1v) is 4.11. The molecular weight excluding hydrogens is 198 g/mol. The van der Waals surface area contributed by atoms with Gasteiger partial charge in [-0.05, 0) is 12.1 Å². The molecule has 0 fully saturated rings. The first-order chi connectivity index (χ1) is 7.18. The standard InChI is InChI=1S/C9H7N3O3/c13-6-4-11-8(12-6)7-5(9(14)15)2-1-3-10-7/h1-4,13H,(H,11,12)(H,14,15). The summed E-state index contributed by atoms with van der Waals surface area (Å²) in [7, 11) is 0. The van der Waals surface area contributed by atoms with E-state index in [1.165, 1.54) is 24.5 Å². The number of hydrogen-bond donors (Lipinski definition) is 3. The molecule has 0 bridgehead atoms. The largest absolute Gasteiger partial charge is 0.493 e. The second-order valence-corrected chi connectivity index (χ2v) is 2.82. The number of carboxylic acids is 1. The van der Waals surface area contributed by atoms with Crippen LogP contribution in [0.25, 0.3) is 11.5 Å². The van der Waals surface area contributed by atoms with Crippen LogP contribution in [0.5, 0.6) is 5.88 Å². The van der Waals surface area contributed by atoms with E-state index >= 15 is 0 Å². The van der Waals surface area contributed by atoms with Crippen LogP contribution in [0.3, 0.4) is 0 Å². The summed E-state index contributed by atoms with van der Waals surface area (Å²) in [4.78, 5) is 21.1. The van der Waals surface area contributed by atoms with Gasteiger partial charge in [-0.1, -0.05) is 0 Å². The Labute approximate surface area is 84.3 Å². The Balaban J connectivity index is 2.57. The van der Waals surface area contributed by atoms with Crippen molar-refractivity contribution in [1.82, 2.24) is 15.0 Å². The summed E-state index contributed by atoms with van der Waals surface area (Å²) in [5, 5.41) is 17.9. The van der Waals surface area contributed by atoms with Crippen molar-refractivity contribution in [3.63, 3.8) is 0 Å². The molecule has 0 amide bonds. The van der Waals surface area contributed by atoms with E-state index in [1.807, 2.05) is 0 Å². The van der Waals surface area contributed by atoms with E-state index in [0.717, 1.165) is 0 Å². The van der Waals surface area contributed by atoms with Crippen LogP contribution in [0, 0.1) is 0 Å². The number of rotatable bonds is 2. The molecule has 0 atom stereocenters. The zero-order valence-electron chi connectivity index (χ0n) is 7.51. The van der Waals surface area contributed by atoms with Crippen molar-refractivity contribution in [1.29, 1.82) is 0 Å². The fourth-order valence-electron chi connectivity index (χ4n) is 1.20. The Kier molecular flexibility index (Phi) is 2.09. The molecule has 0 saturated heterocycles. The number of nitrogens with zero attached hydrogens (tertiary/aromatic N) is 2. The third kappa shape index (κ3) is 1.64. The summed E-state index contributed by atoms with van der Waals surface area (Å²) in [6.07, 6.45) is 2.65. The number of pyridine rings is 1. The molecular formula is C9H7N3O3. The SMILES string of the molecule is O=C(O)c1cccnc1-c1ncc(O)[nH]1. The Morgan fingerprint density at radius 1 is 1.40 bits per heavy atom. The first kappa shape index (κ1) is 9.20. The predicted octanol–water partition coefficient (Wildman–Crippen LogP) is 0.875. The molecule has 2 heterocycles. The number of aromatic nitrogens is 3. The number of imidazole rings is 1. The van der Waals surface area contributed by atoms with Crippen LogP contribution in [0.1, 0.15) is 10.4 Å². The van der Waals surface area contributed by atoms with E-state index in [1.54, 1.807) is 0 Å². The van der Waals surface area contributed by atoms with Crippen molar-refractivity contribution in [2.75, 3.05) is 0 Å². The molecule has 0 aromatic carbocycles. The second-order valence-electron chi connectivity index (χ2n) is 2.82. The number of carboxylic acid groups (broad SMARTS) is 1. The van der Waals surface area contributed by atoms with Gasteiger partial charge in [0.1, 0.15) is 5.69 Å². The van der Waals surface area contributed by atoms with Crippen molar-refractivity contribution in [3.8, 4) is 17.4 Å². The van der Waals surface area contributed by atoms with Crippen molar-refractivity contribution >= 4 is 5.97 Å². The molecule has 0 unspecified atom stereocenters. The fourth-order valence-corrected chi connectivity index (χ4v) is 1.20. The van der Waals surface area contributed by atoms with Gasteiger partial charge in [-0.2, -0.15) is 0 Å². The molecule has 76 valence electrons. The molecule has 0 aliphatic rings. The summed E-state index contributed by atoms with van der Waals surface area (Å²) in [6.45, 7) is 0. The Hall–Kier alpha value is -2.37. The molecule has 6 heteroatoms. The van der Waals surface area contributed by atoms with E-state index < -0.39 is 5.97 Å². The highest BCUT2D eigenvalue weighted by atomic mass is 16.4. The number of H-pyrrole nitrogens is 1. The number of nitrogens with one attached hydrogen (secondary N) is 1. The molecule has 15 heavy (non-hydrogen) atoms. The fraction of sp³-hybridized carbons (Fsp3) is 0. The minimum absolute atomic E-state index is 0.0341. The lowest BCUT2D eigenvalue weighted by atomic mass is 10.2. The van der Waals surface area contributed by atoms with Gasteiger partial charge in [0, 0.05) is 6.20 Å². The van der Waals surface area contributed by atoms with Crippen LogP contribution >= 0.6 is 0 Å². The highest BCUT2D eigenvalue weighted by Crippen LogP contribution is 2.19. The van der Waals surface area contributed by atoms with E-state index in [0.29, 0.717) is 0 Å². The Morgan fingerprint density at radius 3 is 2.80 bits per heavy atom. The van der Waals surface area contributed by atoms with Gasteiger partial charge in [-0.25, -0.2) is 9.78 Å². The Morgan fingerprint density at radius 2 is 2.20 bits per heavy atom. The van der Waals surface area contributed by atoms with Crippen LogP contribution in [0.4, 0.5) is 0 Å². The van der Waals surface area contributed by atoms with Crippen molar-refractivity contribution in [3.05, 3.63) is 30.1 Å². The molecule has 2 aromatic heterocycles. The van der Waals surface area contributed by atoms with E-state index in [-0.39, 0.29) is 23.0 Å². The lowest BCUT2D eigenvalue weighted by Crippen LogP contribution is -2.01. The maximum atomic E-state index is 10.9. The van der Waals surface area contributed by atoms with Gasteiger partial charge < -0.3 is 15.2 Å². The summed E-state index contributed by atoms with van der Waals surface area (Å²) in [5.41, 5.74) is 0.233. The van der Waals surface area contributed by atoms with Crippen molar-refractivity contribution < 1.29 is 15.0 Å². The molecule has 0 saturated carbocycles. The van der Waals surface area contributed by atoms with Crippen LogP contribution in [-0.2, 0) is 0 Å². The highest BCUT2D eigenvalue weighted by Gasteiger charge is 2.14. The quantitative estimate of drug-likeness (QED) is 0.675. The maximum absolute atomic E-state index is 10.9. The third-order valence-electron chi connectivity index (χ3n) is 1.82. The zero-order chi connectivity index (χ0) is 10.8. The van der Waals surface area contributed by atoms with Crippen LogP contribution in [0.2, 0.25) is 0 Å². The lowest BCUT2D eigenvalue weighted by molar-refractivity contribution is 0.0697. The van der Waals surface area contributed by atoms with Crippen molar-refractivity contribution in [2.24, 2.45) is 0 Å². The van der Waals surface area contributed by atoms with Gasteiger partial charge in [-0.3, -0.25) is 4.98 Å². The van der Waals surface area contributed by atoms with Crippen LogP contribution in [-0.4, -0.2) is 31.1 Å². The van der Waals surface area contributed by atoms with Gasteiger partial charge in [0.25, 0.3) is 0 Å². The average Bonchev–Trinajstić information content (AvgIpc) is 2.65. The molecule has 0 aliphatic heterocycles. The van der Waals surface area contributed by atoms with Crippen LogP contribution < -0.4 is 0 Å². The van der Waals surface area contributed by atoms with Crippen LogP contribution in [0.15, 0.2) is 24.5 Å².